The van der Waals surface area contributed by atoms with Gasteiger partial charge in [-0.1, -0.05) is 0 Å². The quantitative estimate of drug-likeness (QED) is 0.918. The number of pyridine rings is 1. The molecular weight excluding hydrogens is 255 g/mol. The highest BCUT2D eigenvalue weighted by Crippen LogP contribution is 2.24. The van der Waals surface area contributed by atoms with Crippen LogP contribution in [0.4, 0.5) is 4.39 Å². The van der Waals surface area contributed by atoms with Crippen LogP contribution in [0.25, 0.3) is 0 Å². The molecule has 0 saturated carbocycles. The smallest absolute Gasteiger partial charge is 0.150 e. The lowest BCUT2D eigenvalue weighted by Gasteiger charge is -2.21. The maximum absolute atomic E-state index is 12.9. The van der Waals surface area contributed by atoms with E-state index in [1.807, 2.05) is 6.07 Å². The summed E-state index contributed by atoms with van der Waals surface area (Å²) in [6.45, 7) is 7.00. The van der Waals surface area contributed by atoms with Gasteiger partial charge in [-0.15, -0.1) is 0 Å². The number of halogens is 1. The molecule has 0 unspecified atom stereocenters. The van der Waals surface area contributed by atoms with Gasteiger partial charge in [0.05, 0.1) is 6.20 Å². The molecule has 2 rings (SSSR count). The van der Waals surface area contributed by atoms with E-state index in [1.165, 1.54) is 12.1 Å². The van der Waals surface area contributed by atoms with Crippen molar-refractivity contribution in [1.29, 1.82) is 0 Å². The van der Waals surface area contributed by atoms with E-state index in [0.717, 1.165) is 5.56 Å². The van der Waals surface area contributed by atoms with Gasteiger partial charge in [0.2, 0.25) is 0 Å². The Morgan fingerprint density at radius 3 is 2.50 bits per heavy atom. The third kappa shape index (κ3) is 4.31. The first-order chi connectivity index (χ1) is 9.44. The van der Waals surface area contributed by atoms with Crippen molar-refractivity contribution >= 4 is 0 Å². The van der Waals surface area contributed by atoms with Crippen LogP contribution in [0.3, 0.4) is 0 Å². The van der Waals surface area contributed by atoms with E-state index in [-0.39, 0.29) is 11.4 Å². The molecule has 0 atom stereocenters. The fourth-order valence-electron chi connectivity index (χ4n) is 1.64. The molecule has 1 aromatic carbocycles. The van der Waals surface area contributed by atoms with Gasteiger partial charge in [0.25, 0.3) is 0 Å². The van der Waals surface area contributed by atoms with E-state index in [9.17, 15) is 4.39 Å². The number of nitrogens with one attached hydrogen (secondary N) is 1. The predicted molar refractivity (Wildman–Crippen MR) is 77.3 cm³/mol. The summed E-state index contributed by atoms with van der Waals surface area (Å²) in [5.74, 6) is 0.991. The molecule has 106 valence electrons. The fraction of sp³-hybridized carbons (Fsp3) is 0.312. The van der Waals surface area contributed by atoms with E-state index in [1.54, 1.807) is 24.5 Å². The van der Waals surface area contributed by atoms with Crippen LogP contribution in [0.15, 0.2) is 42.7 Å². The molecule has 0 bridgehead atoms. The number of benzene rings is 1. The zero-order valence-corrected chi connectivity index (χ0v) is 12.0. The summed E-state index contributed by atoms with van der Waals surface area (Å²) in [5, 5.41) is 3.41. The highest BCUT2D eigenvalue weighted by Gasteiger charge is 2.11. The maximum Gasteiger partial charge on any atom is 0.150 e. The SMILES string of the molecule is CC(C)(C)NCc1ccncc1Oc1ccc(F)cc1. The van der Waals surface area contributed by atoms with Gasteiger partial charge in [-0.25, -0.2) is 4.39 Å². The molecule has 0 saturated heterocycles. The van der Waals surface area contributed by atoms with Gasteiger partial charge in [0.1, 0.15) is 17.3 Å². The molecule has 0 aliphatic rings. The summed E-state index contributed by atoms with van der Waals surface area (Å²) in [4.78, 5) is 4.08. The predicted octanol–water partition coefficient (Wildman–Crippen LogP) is 3.90. The van der Waals surface area contributed by atoms with Gasteiger partial charge < -0.3 is 10.1 Å². The second-order valence-electron chi connectivity index (χ2n) is 5.64. The summed E-state index contributed by atoms with van der Waals surface area (Å²) in [6, 6.07) is 7.86. The van der Waals surface area contributed by atoms with Crippen LogP contribution in [0.1, 0.15) is 26.3 Å². The van der Waals surface area contributed by atoms with Crippen molar-refractivity contribution in [2.45, 2.75) is 32.9 Å². The molecule has 1 N–H and O–H groups in total. The minimum Gasteiger partial charge on any atom is -0.455 e. The third-order valence-electron chi connectivity index (χ3n) is 2.72. The molecule has 1 heterocycles. The monoisotopic (exact) mass is 274 g/mol. The first-order valence-corrected chi connectivity index (χ1v) is 6.55. The van der Waals surface area contributed by atoms with Crippen molar-refractivity contribution in [3.63, 3.8) is 0 Å². The van der Waals surface area contributed by atoms with E-state index in [0.29, 0.717) is 18.0 Å². The molecule has 0 spiro atoms. The van der Waals surface area contributed by atoms with Gasteiger partial charge in [-0.3, -0.25) is 4.98 Å². The highest BCUT2D eigenvalue weighted by atomic mass is 19.1. The van der Waals surface area contributed by atoms with Gasteiger partial charge in [0, 0.05) is 23.8 Å². The molecule has 0 radical (unpaired) electrons. The Balaban J connectivity index is 2.13. The number of ether oxygens (including phenoxy) is 1. The van der Waals surface area contributed by atoms with Crippen molar-refractivity contribution in [3.8, 4) is 11.5 Å². The molecule has 1 aromatic heterocycles. The Labute approximate surface area is 118 Å². The van der Waals surface area contributed by atoms with E-state index < -0.39 is 0 Å². The normalized spacial score (nSPS) is 11.4. The van der Waals surface area contributed by atoms with Crippen molar-refractivity contribution < 1.29 is 9.13 Å². The van der Waals surface area contributed by atoms with Crippen molar-refractivity contribution in [2.24, 2.45) is 0 Å². The van der Waals surface area contributed by atoms with Gasteiger partial charge in [-0.05, 0) is 51.1 Å². The lowest BCUT2D eigenvalue weighted by Crippen LogP contribution is -2.35. The van der Waals surface area contributed by atoms with E-state index in [2.05, 4.69) is 31.1 Å². The second-order valence-corrected chi connectivity index (χ2v) is 5.64. The largest absolute Gasteiger partial charge is 0.455 e. The topological polar surface area (TPSA) is 34.2 Å². The Kier molecular flexibility index (Phi) is 4.35. The Morgan fingerprint density at radius 1 is 1.15 bits per heavy atom. The molecule has 0 aliphatic heterocycles. The molecule has 0 aliphatic carbocycles. The first-order valence-electron chi connectivity index (χ1n) is 6.55. The molecule has 20 heavy (non-hydrogen) atoms. The fourth-order valence-corrected chi connectivity index (χ4v) is 1.64. The summed E-state index contributed by atoms with van der Waals surface area (Å²) in [6.07, 6.45) is 3.40. The van der Waals surface area contributed by atoms with Crippen LogP contribution in [0.2, 0.25) is 0 Å². The van der Waals surface area contributed by atoms with Crippen LogP contribution < -0.4 is 10.1 Å². The maximum atomic E-state index is 12.9. The van der Waals surface area contributed by atoms with Gasteiger partial charge in [0.15, 0.2) is 0 Å². The van der Waals surface area contributed by atoms with Crippen LogP contribution in [0, 0.1) is 5.82 Å². The average Bonchev–Trinajstić information content (AvgIpc) is 2.39. The number of aromatic nitrogens is 1. The lowest BCUT2D eigenvalue weighted by atomic mass is 10.1. The summed E-state index contributed by atoms with van der Waals surface area (Å²) < 4.78 is 18.6. The van der Waals surface area contributed by atoms with E-state index in [4.69, 9.17) is 4.74 Å². The van der Waals surface area contributed by atoms with Crippen molar-refractivity contribution in [1.82, 2.24) is 10.3 Å². The van der Waals surface area contributed by atoms with Gasteiger partial charge >= 0.3 is 0 Å². The van der Waals surface area contributed by atoms with Crippen LogP contribution in [0.5, 0.6) is 11.5 Å². The lowest BCUT2D eigenvalue weighted by molar-refractivity contribution is 0.413. The first kappa shape index (κ1) is 14.5. The molecule has 0 fully saturated rings. The molecular formula is C16H19FN2O. The number of hydrogen-bond donors (Lipinski definition) is 1. The van der Waals surface area contributed by atoms with Crippen molar-refractivity contribution in [2.75, 3.05) is 0 Å². The minimum atomic E-state index is -0.279. The number of nitrogens with zero attached hydrogens (tertiary/aromatic N) is 1. The Hall–Kier alpha value is -1.94. The molecule has 0 amide bonds. The third-order valence-corrected chi connectivity index (χ3v) is 2.72. The summed E-state index contributed by atoms with van der Waals surface area (Å²) in [5.41, 5.74) is 1.04. The average molecular weight is 274 g/mol. The molecule has 3 nitrogen and oxygen atoms in total. The zero-order chi connectivity index (χ0) is 14.6. The van der Waals surface area contributed by atoms with Crippen LogP contribution >= 0.6 is 0 Å². The minimum absolute atomic E-state index is 0.0242. The Bertz CT molecular complexity index is 561. The molecule has 2 aromatic rings. The zero-order valence-electron chi connectivity index (χ0n) is 12.0. The number of hydrogen-bond acceptors (Lipinski definition) is 3. The van der Waals surface area contributed by atoms with Crippen LogP contribution in [-0.4, -0.2) is 10.5 Å². The van der Waals surface area contributed by atoms with Crippen LogP contribution in [-0.2, 0) is 6.54 Å². The van der Waals surface area contributed by atoms with Crippen molar-refractivity contribution in [3.05, 3.63) is 54.1 Å². The summed E-state index contributed by atoms with van der Waals surface area (Å²) in [7, 11) is 0. The number of rotatable bonds is 4. The Morgan fingerprint density at radius 2 is 1.85 bits per heavy atom. The second kappa shape index (κ2) is 6.01. The van der Waals surface area contributed by atoms with E-state index >= 15 is 0 Å². The highest BCUT2D eigenvalue weighted by molar-refractivity contribution is 5.35. The molecule has 4 heteroatoms. The standard InChI is InChI=1S/C16H19FN2O/c1-16(2,3)19-10-12-8-9-18-11-15(12)20-14-6-4-13(17)5-7-14/h4-9,11,19H,10H2,1-3H3. The summed E-state index contributed by atoms with van der Waals surface area (Å²) >= 11 is 0. The van der Waals surface area contributed by atoms with Gasteiger partial charge in [-0.2, -0.15) is 0 Å².